The fraction of sp³-hybridized carbons (Fsp3) is 1.00. The second-order valence-corrected chi connectivity index (χ2v) is 4.37. The fourth-order valence-electron chi connectivity index (χ4n) is 2.10. The molecule has 1 aliphatic rings. The van der Waals surface area contributed by atoms with Crippen molar-refractivity contribution in [2.45, 2.75) is 39.0 Å². The Balaban J connectivity index is 1.93. The smallest absolute Gasteiger partial charge is 0.00183 e. The second-order valence-electron chi connectivity index (χ2n) is 4.37. The summed E-state index contributed by atoms with van der Waals surface area (Å²) in [5, 5.41) is 0. The first-order valence-corrected chi connectivity index (χ1v) is 5.75. The Hall–Kier alpha value is -0.0800. The minimum atomic E-state index is 0.826. The molecule has 0 spiro atoms. The zero-order valence-corrected chi connectivity index (χ0v) is 8.97. The first-order chi connectivity index (χ1) is 6.33. The maximum Gasteiger partial charge on any atom is -0.00183 e. The Kier molecular flexibility index (Phi) is 5.40. The van der Waals surface area contributed by atoms with Crippen LogP contribution < -0.4 is 5.73 Å². The van der Waals surface area contributed by atoms with E-state index in [2.05, 4.69) is 11.8 Å². The quantitative estimate of drug-likeness (QED) is 0.682. The highest BCUT2D eigenvalue weighted by atomic mass is 15.1. The summed E-state index contributed by atoms with van der Waals surface area (Å²) in [6, 6.07) is 0. The summed E-state index contributed by atoms with van der Waals surface area (Å²) in [6.07, 6.45) is 6.74. The van der Waals surface area contributed by atoms with Crippen molar-refractivity contribution in [1.29, 1.82) is 0 Å². The van der Waals surface area contributed by atoms with Crippen LogP contribution in [-0.4, -0.2) is 31.1 Å². The van der Waals surface area contributed by atoms with Gasteiger partial charge in [-0.25, -0.2) is 0 Å². The van der Waals surface area contributed by atoms with Crippen LogP contribution in [0.5, 0.6) is 0 Å². The molecular formula is C11H24N2. The van der Waals surface area contributed by atoms with Crippen molar-refractivity contribution in [1.82, 2.24) is 4.90 Å². The van der Waals surface area contributed by atoms with Gasteiger partial charge in [-0.05, 0) is 64.2 Å². The molecule has 2 heteroatoms. The van der Waals surface area contributed by atoms with Crippen molar-refractivity contribution in [3.8, 4) is 0 Å². The lowest BCUT2D eigenvalue weighted by atomic mass is 10.0. The number of rotatable bonds is 6. The first-order valence-electron chi connectivity index (χ1n) is 5.75. The number of likely N-dealkylation sites (tertiary alicyclic amines) is 1. The number of hydrogen-bond acceptors (Lipinski definition) is 2. The van der Waals surface area contributed by atoms with Crippen LogP contribution in [0.4, 0.5) is 0 Å². The molecule has 1 atom stereocenters. The maximum atomic E-state index is 5.51. The summed E-state index contributed by atoms with van der Waals surface area (Å²) in [5.41, 5.74) is 5.51. The van der Waals surface area contributed by atoms with Crippen molar-refractivity contribution in [2.24, 2.45) is 11.7 Å². The third kappa shape index (κ3) is 4.63. The SMILES string of the molecule is CC(CCN)CCCN1CCCC1. The topological polar surface area (TPSA) is 29.3 Å². The number of nitrogens with two attached hydrogens (primary N) is 1. The van der Waals surface area contributed by atoms with E-state index in [0.29, 0.717) is 0 Å². The molecule has 0 radical (unpaired) electrons. The Morgan fingerprint density at radius 3 is 2.54 bits per heavy atom. The van der Waals surface area contributed by atoms with Gasteiger partial charge in [0.1, 0.15) is 0 Å². The Morgan fingerprint density at radius 2 is 1.92 bits per heavy atom. The van der Waals surface area contributed by atoms with Gasteiger partial charge in [0.25, 0.3) is 0 Å². The molecule has 0 aromatic rings. The molecule has 78 valence electrons. The standard InChI is InChI=1S/C11H24N2/c1-11(6-7-12)5-4-10-13-8-2-3-9-13/h11H,2-10,12H2,1H3. The van der Waals surface area contributed by atoms with Gasteiger partial charge in [-0.3, -0.25) is 0 Å². The van der Waals surface area contributed by atoms with Gasteiger partial charge >= 0.3 is 0 Å². The number of nitrogens with zero attached hydrogens (tertiary/aromatic N) is 1. The molecule has 1 aliphatic heterocycles. The average Bonchev–Trinajstić information content (AvgIpc) is 2.57. The van der Waals surface area contributed by atoms with Gasteiger partial charge in [0, 0.05) is 0 Å². The fourth-order valence-corrected chi connectivity index (χ4v) is 2.10. The molecule has 0 bridgehead atoms. The molecule has 2 N–H and O–H groups in total. The third-order valence-electron chi connectivity index (χ3n) is 3.03. The Labute approximate surface area is 82.5 Å². The van der Waals surface area contributed by atoms with Gasteiger partial charge in [0.15, 0.2) is 0 Å². The van der Waals surface area contributed by atoms with E-state index >= 15 is 0 Å². The predicted molar refractivity (Wildman–Crippen MR) is 57.7 cm³/mol. The van der Waals surface area contributed by atoms with Gasteiger partial charge in [0.2, 0.25) is 0 Å². The molecule has 1 fully saturated rings. The van der Waals surface area contributed by atoms with Crippen molar-refractivity contribution >= 4 is 0 Å². The van der Waals surface area contributed by atoms with E-state index < -0.39 is 0 Å². The van der Waals surface area contributed by atoms with Crippen LogP contribution in [0.2, 0.25) is 0 Å². The summed E-state index contributed by atoms with van der Waals surface area (Å²) >= 11 is 0. The minimum absolute atomic E-state index is 0.826. The summed E-state index contributed by atoms with van der Waals surface area (Å²) in [7, 11) is 0. The van der Waals surface area contributed by atoms with E-state index in [4.69, 9.17) is 5.73 Å². The molecule has 2 nitrogen and oxygen atoms in total. The molecular weight excluding hydrogens is 160 g/mol. The second kappa shape index (κ2) is 6.39. The van der Waals surface area contributed by atoms with Crippen LogP contribution in [-0.2, 0) is 0 Å². The zero-order chi connectivity index (χ0) is 9.52. The van der Waals surface area contributed by atoms with Crippen LogP contribution in [0.3, 0.4) is 0 Å². The van der Waals surface area contributed by atoms with Crippen LogP contribution in [0.25, 0.3) is 0 Å². The molecule has 13 heavy (non-hydrogen) atoms. The monoisotopic (exact) mass is 184 g/mol. The van der Waals surface area contributed by atoms with Crippen LogP contribution in [0.15, 0.2) is 0 Å². The average molecular weight is 184 g/mol. The van der Waals surface area contributed by atoms with Crippen LogP contribution in [0.1, 0.15) is 39.0 Å². The largest absolute Gasteiger partial charge is 0.330 e. The van der Waals surface area contributed by atoms with E-state index in [1.807, 2.05) is 0 Å². The molecule has 0 aromatic heterocycles. The molecule has 1 heterocycles. The predicted octanol–water partition coefficient (Wildman–Crippen LogP) is 1.85. The van der Waals surface area contributed by atoms with E-state index in [-0.39, 0.29) is 0 Å². The maximum absolute atomic E-state index is 5.51. The third-order valence-corrected chi connectivity index (χ3v) is 3.03. The normalized spacial score (nSPS) is 20.8. The van der Waals surface area contributed by atoms with Crippen molar-refractivity contribution in [2.75, 3.05) is 26.2 Å². The highest BCUT2D eigenvalue weighted by Crippen LogP contribution is 2.12. The van der Waals surface area contributed by atoms with Crippen LogP contribution in [0, 0.1) is 5.92 Å². The van der Waals surface area contributed by atoms with Gasteiger partial charge in [0.05, 0.1) is 0 Å². The van der Waals surface area contributed by atoms with E-state index in [0.717, 1.165) is 12.5 Å². The number of hydrogen-bond donors (Lipinski definition) is 1. The molecule has 0 aromatic carbocycles. The molecule has 1 saturated heterocycles. The van der Waals surface area contributed by atoms with Gasteiger partial charge in [-0.2, -0.15) is 0 Å². The Bertz CT molecular complexity index is 119. The lowest BCUT2D eigenvalue weighted by molar-refractivity contribution is 0.316. The van der Waals surface area contributed by atoms with Crippen LogP contribution >= 0.6 is 0 Å². The summed E-state index contributed by atoms with van der Waals surface area (Å²) in [6.45, 7) is 7.16. The molecule has 0 amide bonds. The van der Waals surface area contributed by atoms with Crippen molar-refractivity contribution < 1.29 is 0 Å². The van der Waals surface area contributed by atoms with Gasteiger partial charge < -0.3 is 10.6 Å². The molecule has 1 rings (SSSR count). The summed E-state index contributed by atoms with van der Waals surface area (Å²) in [5.74, 6) is 0.826. The van der Waals surface area contributed by atoms with Gasteiger partial charge in [-0.15, -0.1) is 0 Å². The lowest BCUT2D eigenvalue weighted by Gasteiger charge is -2.16. The molecule has 0 aliphatic carbocycles. The van der Waals surface area contributed by atoms with E-state index in [9.17, 15) is 0 Å². The molecule has 0 saturated carbocycles. The van der Waals surface area contributed by atoms with Crippen molar-refractivity contribution in [3.63, 3.8) is 0 Å². The van der Waals surface area contributed by atoms with E-state index in [1.165, 1.54) is 51.7 Å². The Morgan fingerprint density at radius 1 is 1.23 bits per heavy atom. The zero-order valence-electron chi connectivity index (χ0n) is 8.97. The van der Waals surface area contributed by atoms with E-state index in [1.54, 1.807) is 0 Å². The highest BCUT2D eigenvalue weighted by molar-refractivity contribution is 4.66. The highest BCUT2D eigenvalue weighted by Gasteiger charge is 2.10. The first kappa shape index (κ1) is 11.0. The summed E-state index contributed by atoms with van der Waals surface area (Å²) in [4.78, 5) is 2.59. The minimum Gasteiger partial charge on any atom is -0.330 e. The molecule has 1 unspecified atom stereocenters. The summed E-state index contributed by atoms with van der Waals surface area (Å²) < 4.78 is 0. The lowest BCUT2D eigenvalue weighted by Crippen LogP contribution is -2.21. The van der Waals surface area contributed by atoms with Crippen molar-refractivity contribution in [3.05, 3.63) is 0 Å². The van der Waals surface area contributed by atoms with Gasteiger partial charge in [-0.1, -0.05) is 6.92 Å².